The quantitative estimate of drug-likeness (QED) is 0.761. The van der Waals surface area contributed by atoms with E-state index in [0.717, 1.165) is 33.3 Å². The molecule has 4 rings (SSSR count). The topological polar surface area (TPSA) is 67.0 Å². The molecule has 0 bridgehead atoms. The van der Waals surface area contributed by atoms with Gasteiger partial charge in [0.25, 0.3) is 5.91 Å². The van der Waals surface area contributed by atoms with Crippen molar-refractivity contribution in [2.45, 2.75) is 19.3 Å². The number of carbonyl (C=O) groups excluding carboxylic acids is 1. The molecule has 1 amide bonds. The average molecular weight is 321 g/mol. The van der Waals surface area contributed by atoms with Crippen LogP contribution < -0.4 is 10.1 Å². The number of pyridine rings is 1. The van der Waals surface area contributed by atoms with Gasteiger partial charge in [-0.15, -0.1) is 0 Å². The molecule has 0 spiro atoms. The molecule has 0 atom stereocenters. The minimum absolute atomic E-state index is 0.00112. The number of nitrogens with zero attached hydrogens (tertiary/aromatic N) is 1. The van der Waals surface area contributed by atoms with Crippen molar-refractivity contribution in [2.24, 2.45) is 0 Å². The fourth-order valence-electron chi connectivity index (χ4n) is 3.30. The van der Waals surface area contributed by atoms with Crippen LogP contribution in [0.4, 0.5) is 0 Å². The molecule has 0 radical (unpaired) electrons. The average Bonchev–Trinajstić information content (AvgIpc) is 3.01. The maximum Gasteiger partial charge on any atom is 0.251 e. The second kappa shape index (κ2) is 5.09. The summed E-state index contributed by atoms with van der Waals surface area (Å²) in [6.07, 6.45) is 1.95. The Balaban J connectivity index is 1.88. The standard InChI is InChI=1S/C19H19N3O2/c1-19(2)10-21-18(23)13-5-4-11(8-15(13)19)14-9-20-17-12(14)6-7-16(22-17)24-3/h4-9H,10H2,1-3H3,(H,20,22)(H,21,23). The van der Waals surface area contributed by atoms with E-state index in [2.05, 4.69) is 35.2 Å². The first-order chi connectivity index (χ1) is 11.5. The Morgan fingerprint density at radius 3 is 2.79 bits per heavy atom. The van der Waals surface area contributed by atoms with E-state index >= 15 is 0 Å². The number of aromatic nitrogens is 2. The molecular weight excluding hydrogens is 302 g/mol. The second-order valence-electron chi connectivity index (χ2n) is 6.78. The van der Waals surface area contributed by atoms with Gasteiger partial charge in [0.2, 0.25) is 5.88 Å². The molecule has 5 nitrogen and oxygen atoms in total. The van der Waals surface area contributed by atoms with Crippen molar-refractivity contribution >= 4 is 16.9 Å². The number of aromatic amines is 1. The lowest BCUT2D eigenvalue weighted by molar-refractivity contribution is 0.0930. The number of fused-ring (bicyclic) bond motifs is 2. The number of nitrogens with one attached hydrogen (secondary N) is 2. The number of H-pyrrole nitrogens is 1. The highest BCUT2D eigenvalue weighted by Crippen LogP contribution is 2.35. The van der Waals surface area contributed by atoms with Crippen molar-refractivity contribution in [1.82, 2.24) is 15.3 Å². The molecule has 1 aliphatic rings. The maximum absolute atomic E-state index is 12.1. The van der Waals surface area contributed by atoms with Crippen LogP contribution in [-0.2, 0) is 5.41 Å². The van der Waals surface area contributed by atoms with Crippen LogP contribution in [0.2, 0.25) is 0 Å². The summed E-state index contributed by atoms with van der Waals surface area (Å²) in [5.74, 6) is 0.584. The lowest BCUT2D eigenvalue weighted by atomic mass is 9.78. The van der Waals surface area contributed by atoms with Gasteiger partial charge in [0.05, 0.1) is 7.11 Å². The molecule has 1 aromatic carbocycles. The van der Waals surface area contributed by atoms with Gasteiger partial charge in [0, 0.05) is 40.7 Å². The van der Waals surface area contributed by atoms with E-state index in [1.165, 1.54) is 0 Å². The molecule has 3 heterocycles. The van der Waals surface area contributed by atoms with Crippen molar-refractivity contribution < 1.29 is 9.53 Å². The van der Waals surface area contributed by atoms with Gasteiger partial charge in [-0.25, -0.2) is 0 Å². The molecule has 0 saturated heterocycles. The largest absolute Gasteiger partial charge is 0.481 e. The molecule has 2 aromatic heterocycles. The molecule has 1 aliphatic heterocycles. The van der Waals surface area contributed by atoms with E-state index in [0.29, 0.717) is 12.4 Å². The van der Waals surface area contributed by atoms with E-state index in [1.807, 2.05) is 30.5 Å². The van der Waals surface area contributed by atoms with Crippen LogP contribution in [0.1, 0.15) is 29.8 Å². The molecule has 5 heteroatoms. The van der Waals surface area contributed by atoms with E-state index in [1.54, 1.807) is 7.11 Å². The summed E-state index contributed by atoms with van der Waals surface area (Å²) in [6, 6.07) is 9.89. The summed E-state index contributed by atoms with van der Waals surface area (Å²) in [6.45, 7) is 4.95. The number of benzene rings is 1. The fourth-order valence-corrected chi connectivity index (χ4v) is 3.30. The van der Waals surface area contributed by atoms with Crippen molar-refractivity contribution in [3.8, 4) is 17.0 Å². The first kappa shape index (κ1) is 14.8. The zero-order chi connectivity index (χ0) is 16.9. The van der Waals surface area contributed by atoms with Crippen LogP contribution in [0.15, 0.2) is 36.5 Å². The first-order valence-corrected chi connectivity index (χ1v) is 7.95. The van der Waals surface area contributed by atoms with Gasteiger partial charge in [0.1, 0.15) is 5.65 Å². The van der Waals surface area contributed by atoms with Crippen LogP contribution in [0.25, 0.3) is 22.2 Å². The number of carbonyl (C=O) groups is 1. The molecule has 0 saturated carbocycles. The van der Waals surface area contributed by atoms with Crippen molar-refractivity contribution in [1.29, 1.82) is 0 Å². The second-order valence-corrected chi connectivity index (χ2v) is 6.78. The predicted molar refractivity (Wildman–Crippen MR) is 93.4 cm³/mol. The fraction of sp³-hybridized carbons (Fsp3) is 0.263. The lowest BCUT2D eigenvalue weighted by Crippen LogP contribution is -2.43. The molecule has 122 valence electrons. The van der Waals surface area contributed by atoms with Crippen LogP contribution in [0.3, 0.4) is 0 Å². The normalized spacial score (nSPS) is 15.9. The minimum atomic E-state index is -0.0904. The summed E-state index contributed by atoms with van der Waals surface area (Å²) >= 11 is 0. The van der Waals surface area contributed by atoms with Gasteiger partial charge < -0.3 is 15.0 Å². The highest BCUT2D eigenvalue weighted by atomic mass is 16.5. The molecule has 0 unspecified atom stereocenters. The molecular formula is C19H19N3O2. The SMILES string of the molecule is COc1ccc2c(-c3ccc4c(c3)C(C)(C)CNC4=O)c[nH]c2n1. The third kappa shape index (κ3) is 2.16. The Hall–Kier alpha value is -2.82. The third-order valence-corrected chi connectivity index (χ3v) is 4.72. The van der Waals surface area contributed by atoms with Crippen molar-refractivity contribution in [3.63, 3.8) is 0 Å². The summed E-state index contributed by atoms with van der Waals surface area (Å²) in [5, 5.41) is 3.99. The summed E-state index contributed by atoms with van der Waals surface area (Å²) in [4.78, 5) is 19.7. The van der Waals surface area contributed by atoms with E-state index < -0.39 is 0 Å². The Labute approximate surface area is 140 Å². The maximum atomic E-state index is 12.1. The Bertz CT molecular complexity index is 956. The number of hydrogen-bond donors (Lipinski definition) is 2. The highest BCUT2D eigenvalue weighted by Gasteiger charge is 2.31. The zero-order valence-electron chi connectivity index (χ0n) is 13.9. The summed E-state index contributed by atoms with van der Waals surface area (Å²) in [5.41, 5.74) is 4.69. The first-order valence-electron chi connectivity index (χ1n) is 7.95. The third-order valence-electron chi connectivity index (χ3n) is 4.72. The zero-order valence-corrected chi connectivity index (χ0v) is 13.9. The van der Waals surface area contributed by atoms with Crippen molar-refractivity contribution in [2.75, 3.05) is 13.7 Å². The van der Waals surface area contributed by atoms with E-state index in [-0.39, 0.29) is 11.3 Å². The van der Waals surface area contributed by atoms with Gasteiger partial charge in [-0.2, -0.15) is 4.98 Å². The van der Waals surface area contributed by atoms with Crippen LogP contribution in [-0.4, -0.2) is 29.5 Å². The molecule has 0 fully saturated rings. The number of amides is 1. The van der Waals surface area contributed by atoms with Crippen LogP contribution in [0, 0.1) is 0 Å². The van der Waals surface area contributed by atoms with Gasteiger partial charge in [0.15, 0.2) is 0 Å². The number of ether oxygens (including phenoxy) is 1. The summed E-state index contributed by atoms with van der Waals surface area (Å²) in [7, 11) is 1.61. The van der Waals surface area contributed by atoms with Crippen molar-refractivity contribution in [3.05, 3.63) is 47.7 Å². The van der Waals surface area contributed by atoms with Gasteiger partial charge in [-0.3, -0.25) is 4.79 Å². The Morgan fingerprint density at radius 1 is 1.17 bits per heavy atom. The van der Waals surface area contributed by atoms with E-state index in [9.17, 15) is 4.79 Å². The monoisotopic (exact) mass is 321 g/mol. The smallest absolute Gasteiger partial charge is 0.251 e. The number of methoxy groups -OCH3 is 1. The van der Waals surface area contributed by atoms with Gasteiger partial charge >= 0.3 is 0 Å². The van der Waals surface area contributed by atoms with Gasteiger partial charge in [-0.05, 0) is 29.3 Å². The highest BCUT2D eigenvalue weighted by molar-refractivity contribution is 5.99. The predicted octanol–water partition coefficient (Wildman–Crippen LogP) is 3.26. The van der Waals surface area contributed by atoms with Crippen LogP contribution >= 0.6 is 0 Å². The Morgan fingerprint density at radius 2 is 2.00 bits per heavy atom. The molecule has 3 aromatic rings. The lowest BCUT2D eigenvalue weighted by Gasteiger charge is -2.32. The van der Waals surface area contributed by atoms with Crippen LogP contribution in [0.5, 0.6) is 5.88 Å². The molecule has 24 heavy (non-hydrogen) atoms. The minimum Gasteiger partial charge on any atom is -0.481 e. The molecule has 2 N–H and O–H groups in total. The Kier molecular flexibility index (Phi) is 3.13. The summed E-state index contributed by atoms with van der Waals surface area (Å²) < 4.78 is 5.18. The van der Waals surface area contributed by atoms with Gasteiger partial charge in [-0.1, -0.05) is 19.9 Å². The number of rotatable bonds is 2. The molecule has 0 aliphatic carbocycles. The number of hydrogen-bond acceptors (Lipinski definition) is 3. The van der Waals surface area contributed by atoms with E-state index in [4.69, 9.17) is 4.74 Å².